The summed E-state index contributed by atoms with van der Waals surface area (Å²) >= 11 is 3.03. The predicted octanol–water partition coefficient (Wildman–Crippen LogP) is 1.04. The van der Waals surface area contributed by atoms with Crippen LogP contribution in [0.2, 0.25) is 0 Å². The van der Waals surface area contributed by atoms with Crippen molar-refractivity contribution in [1.82, 2.24) is 4.98 Å². The molecule has 0 spiro atoms. The van der Waals surface area contributed by atoms with Crippen LogP contribution in [0.15, 0.2) is 9.72 Å². The minimum Gasteiger partial charge on any atom is -0.468 e. The third-order valence-corrected chi connectivity index (χ3v) is 3.75. The lowest BCUT2D eigenvalue weighted by Crippen LogP contribution is -2.33. The lowest BCUT2D eigenvalue weighted by Gasteiger charge is -2.06. The number of esters is 1. The van der Waals surface area contributed by atoms with E-state index in [1.54, 1.807) is 11.3 Å². The summed E-state index contributed by atoms with van der Waals surface area (Å²) in [6.07, 6.45) is 0. The van der Waals surface area contributed by atoms with Gasteiger partial charge in [0, 0.05) is 16.8 Å². The maximum absolute atomic E-state index is 11.0. The zero-order chi connectivity index (χ0) is 10.6. The number of methoxy groups -OCH3 is 1. The second kappa shape index (κ2) is 5.33. The first-order valence-electron chi connectivity index (χ1n) is 4.02. The van der Waals surface area contributed by atoms with Crippen molar-refractivity contribution in [2.45, 2.75) is 17.3 Å². The van der Waals surface area contributed by atoms with Gasteiger partial charge < -0.3 is 10.5 Å². The number of nitrogens with zero attached hydrogens (tertiary/aromatic N) is 1. The molecule has 0 bridgehead atoms. The highest BCUT2D eigenvalue weighted by Crippen LogP contribution is 2.22. The molecule has 0 radical (unpaired) electrons. The Bertz CT molecular complexity index is 314. The molecule has 0 aromatic carbocycles. The Morgan fingerprint density at radius 3 is 3.07 bits per heavy atom. The molecular weight excluding hydrogens is 220 g/mol. The van der Waals surface area contributed by atoms with E-state index in [1.165, 1.54) is 18.9 Å². The molecule has 78 valence electrons. The molecule has 1 aromatic heterocycles. The normalized spacial score (nSPS) is 12.5. The summed E-state index contributed by atoms with van der Waals surface area (Å²) in [7, 11) is 1.33. The Hall–Kier alpha value is -0.590. The summed E-state index contributed by atoms with van der Waals surface area (Å²) in [4.78, 5) is 15.2. The standard InChI is InChI=1S/C8H12N2O2S2/c1-5-3-13-8(10-5)14-4-6(9)7(11)12-2/h3,6H,4,9H2,1-2H3. The molecule has 14 heavy (non-hydrogen) atoms. The van der Waals surface area contributed by atoms with E-state index in [0.29, 0.717) is 5.75 Å². The molecule has 1 aromatic rings. The molecule has 0 saturated heterocycles. The van der Waals surface area contributed by atoms with Crippen molar-refractivity contribution in [2.75, 3.05) is 12.9 Å². The number of thiazole rings is 1. The summed E-state index contributed by atoms with van der Waals surface area (Å²) in [6.45, 7) is 1.93. The Labute approximate surface area is 90.9 Å². The molecule has 1 heterocycles. The van der Waals surface area contributed by atoms with Crippen molar-refractivity contribution in [1.29, 1.82) is 0 Å². The molecule has 0 fully saturated rings. The van der Waals surface area contributed by atoms with Gasteiger partial charge in [-0.05, 0) is 6.92 Å². The number of thioether (sulfide) groups is 1. The van der Waals surface area contributed by atoms with E-state index in [0.717, 1.165) is 10.0 Å². The van der Waals surface area contributed by atoms with E-state index in [4.69, 9.17) is 5.73 Å². The summed E-state index contributed by atoms with van der Waals surface area (Å²) in [5.74, 6) is 0.116. The maximum Gasteiger partial charge on any atom is 0.323 e. The van der Waals surface area contributed by atoms with Gasteiger partial charge in [-0.1, -0.05) is 11.8 Å². The van der Waals surface area contributed by atoms with Crippen LogP contribution in [0.25, 0.3) is 0 Å². The van der Waals surface area contributed by atoms with Crippen LogP contribution in [0, 0.1) is 6.92 Å². The van der Waals surface area contributed by atoms with E-state index < -0.39 is 6.04 Å². The van der Waals surface area contributed by atoms with Crippen LogP contribution in [0.1, 0.15) is 5.69 Å². The monoisotopic (exact) mass is 232 g/mol. The Morgan fingerprint density at radius 2 is 2.57 bits per heavy atom. The lowest BCUT2D eigenvalue weighted by molar-refractivity contribution is -0.141. The van der Waals surface area contributed by atoms with Crippen LogP contribution in [0.5, 0.6) is 0 Å². The van der Waals surface area contributed by atoms with Gasteiger partial charge in [-0.25, -0.2) is 4.98 Å². The molecule has 6 heteroatoms. The fraction of sp³-hybridized carbons (Fsp3) is 0.500. The zero-order valence-corrected chi connectivity index (χ0v) is 9.65. The van der Waals surface area contributed by atoms with Crippen LogP contribution < -0.4 is 5.73 Å². The average molecular weight is 232 g/mol. The number of ether oxygens (including phenoxy) is 1. The van der Waals surface area contributed by atoms with Crippen molar-refractivity contribution < 1.29 is 9.53 Å². The van der Waals surface area contributed by atoms with Crippen LogP contribution in [-0.4, -0.2) is 29.9 Å². The Kier molecular flexibility index (Phi) is 4.37. The topological polar surface area (TPSA) is 65.2 Å². The first kappa shape index (κ1) is 11.5. The van der Waals surface area contributed by atoms with Crippen LogP contribution in [-0.2, 0) is 9.53 Å². The first-order valence-corrected chi connectivity index (χ1v) is 5.88. The molecule has 4 nitrogen and oxygen atoms in total. The van der Waals surface area contributed by atoms with Crippen molar-refractivity contribution in [3.63, 3.8) is 0 Å². The SMILES string of the molecule is COC(=O)C(N)CSc1nc(C)cs1. The number of aryl methyl sites for hydroxylation is 1. The molecule has 0 aliphatic rings. The Balaban J connectivity index is 2.37. The molecule has 2 N–H and O–H groups in total. The molecule has 1 rings (SSSR count). The van der Waals surface area contributed by atoms with E-state index >= 15 is 0 Å². The molecule has 0 aliphatic carbocycles. The number of carbonyl (C=O) groups excluding carboxylic acids is 1. The molecule has 0 amide bonds. The number of hydrogen-bond acceptors (Lipinski definition) is 6. The summed E-state index contributed by atoms with van der Waals surface area (Å²) in [5.41, 5.74) is 6.55. The lowest BCUT2D eigenvalue weighted by atomic mass is 10.4. The van der Waals surface area contributed by atoms with Gasteiger partial charge in [-0.3, -0.25) is 4.79 Å². The van der Waals surface area contributed by atoms with Crippen molar-refractivity contribution >= 4 is 29.1 Å². The minimum absolute atomic E-state index is 0.384. The number of aromatic nitrogens is 1. The summed E-state index contributed by atoms with van der Waals surface area (Å²) < 4.78 is 5.44. The van der Waals surface area contributed by atoms with Gasteiger partial charge in [-0.2, -0.15) is 0 Å². The second-order valence-corrected chi connectivity index (χ2v) is 4.82. The molecular formula is C8H12N2O2S2. The average Bonchev–Trinajstić information content (AvgIpc) is 2.59. The fourth-order valence-corrected chi connectivity index (χ4v) is 2.59. The van der Waals surface area contributed by atoms with Gasteiger partial charge in [-0.15, -0.1) is 11.3 Å². The van der Waals surface area contributed by atoms with Crippen LogP contribution >= 0.6 is 23.1 Å². The smallest absolute Gasteiger partial charge is 0.323 e. The van der Waals surface area contributed by atoms with Gasteiger partial charge in [0.15, 0.2) is 0 Å². The van der Waals surface area contributed by atoms with Gasteiger partial charge in [0.2, 0.25) is 0 Å². The molecule has 1 unspecified atom stereocenters. The third kappa shape index (κ3) is 3.28. The van der Waals surface area contributed by atoms with Crippen molar-refractivity contribution in [3.05, 3.63) is 11.1 Å². The number of rotatable bonds is 4. The summed E-state index contributed by atoms with van der Waals surface area (Å²) in [5, 5.41) is 1.96. The largest absolute Gasteiger partial charge is 0.468 e. The highest BCUT2D eigenvalue weighted by atomic mass is 32.2. The molecule has 1 atom stereocenters. The van der Waals surface area contributed by atoms with Crippen molar-refractivity contribution in [3.8, 4) is 0 Å². The quantitative estimate of drug-likeness (QED) is 0.621. The number of carbonyl (C=O) groups is 1. The van der Waals surface area contributed by atoms with E-state index in [9.17, 15) is 4.79 Å². The van der Waals surface area contributed by atoms with Gasteiger partial charge >= 0.3 is 5.97 Å². The van der Waals surface area contributed by atoms with E-state index in [1.807, 2.05) is 12.3 Å². The highest BCUT2D eigenvalue weighted by Gasteiger charge is 2.14. The number of nitrogens with two attached hydrogens (primary N) is 1. The van der Waals surface area contributed by atoms with Gasteiger partial charge in [0.25, 0.3) is 0 Å². The Morgan fingerprint density at radius 1 is 1.86 bits per heavy atom. The summed E-state index contributed by atoms with van der Waals surface area (Å²) in [6, 6.07) is -0.575. The second-order valence-electron chi connectivity index (χ2n) is 2.70. The predicted molar refractivity (Wildman–Crippen MR) is 57.6 cm³/mol. The van der Waals surface area contributed by atoms with Gasteiger partial charge in [0.1, 0.15) is 10.4 Å². The third-order valence-electron chi connectivity index (χ3n) is 1.49. The van der Waals surface area contributed by atoms with Crippen molar-refractivity contribution in [2.24, 2.45) is 5.73 Å². The van der Waals surface area contributed by atoms with Crippen LogP contribution in [0.4, 0.5) is 0 Å². The maximum atomic E-state index is 11.0. The highest BCUT2D eigenvalue weighted by molar-refractivity contribution is 8.01. The zero-order valence-electron chi connectivity index (χ0n) is 8.02. The molecule has 0 aliphatic heterocycles. The minimum atomic E-state index is -0.575. The number of hydrogen-bond donors (Lipinski definition) is 1. The molecule has 0 saturated carbocycles. The van der Waals surface area contributed by atoms with E-state index in [2.05, 4.69) is 9.72 Å². The van der Waals surface area contributed by atoms with Crippen LogP contribution in [0.3, 0.4) is 0 Å². The van der Waals surface area contributed by atoms with E-state index in [-0.39, 0.29) is 5.97 Å². The van der Waals surface area contributed by atoms with Gasteiger partial charge in [0.05, 0.1) is 7.11 Å². The first-order chi connectivity index (χ1) is 6.63. The fourth-order valence-electron chi connectivity index (χ4n) is 0.779.